The highest BCUT2D eigenvalue weighted by Crippen LogP contribution is 2.70. The van der Waals surface area contributed by atoms with Gasteiger partial charge in [-0.1, -0.05) is 32.9 Å². The Labute approximate surface area is 94.1 Å². The summed E-state index contributed by atoms with van der Waals surface area (Å²) < 4.78 is 0. The molecule has 0 aromatic rings. The standard InChI is InChI=1S/C15H24/c1-9-6-8-12-14(15(12,3)4)13-10(2)5-7-11(9)13/h10-14H,1,5-8H2,2-4H3/t10-,11-,12-,13-,14+/m1/s1. The van der Waals surface area contributed by atoms with Crippen molar-refractivity contribution in [3.8, 4) is 0 Å². The van der Waals surface area contributed by atoms with Crippen molar-refractivity contribution < 1.29 is 0 Å². The highest BCUT2D eigenvalue weighted by Gasteiger charge is 2.64. The second-order valence-corrected chi connectivity index (χ2v) is 6.89. The third kappa shape index (κ3) is 1.20. The zero-order valence-electron chi connectivity index (χ0n) is 10.4. The van der Waals surface area contributed by atoms with E-state index in [0.717, 1.165) is 29.6 Å². The predicted molar refractivity (Wildman–Crippen MR) is 64.5 cm³/mol. The Bertz CT molecular complexity index is 299. The molecular weight excluding hydrogens is 180 g/mol. The van der Waals surface area contributed by atoms with Crippen molar-refractivity contribution >= 4 is 0 Å². The summed E-state index contributed by atoms with van der Waals surface area (Å²) in [5.74, 6) is 4.87. The summed E-state index contributed by atoms with van der Waals surface area (Å²) in [6.45, 7) is 11.8. The normalized spacial score (nSPS) is 51.9. The zero-order valence-corrected chi connectivity index (χ0v) is 10.4. The second-order valence-electron chi connectivity index (χ2n) is 6.89. The number of rotatable bonds is 0. The van der Waals surface area contributed by atoms with Crippen molar-refractivity contribution in [2.24, 2.45) is 35.0 Å². The molecule has 0 N–H and O–H groups in total. The van der Waals surface area contributed by atoms with Gasteiger partial charge in [0.25, 0.3) is 0 Å². The van der Waals surface area contributed by atoms with E-state index < -0.39 is 0 Å². The van der Waals surface area contributed by atoms with E-state index in [0.29, 0.717) is 5.41 Å². The molecule has 0 nitrogen and oxygen atoms in total. The molecule has 3 rings (SSSR count). The van der Waals surface area contributed by atoms with Crippen LogP contribution in [-0.2, 0) is 0 Å². The molecule has 0 radical (unpaired) electrons. The quantitative estimate of drug-likeness (QED) is 0.517. The Morgan fingerprint density at radius 3 is 2.67 bits per heavy atom. The van der Waals surface area contributed by atoms with Crippen LogP contribution in [0.15, 0.2) is 12.2 Å². The second kappa shape index (κ2) is 2.90. The average molecular weight is 204 g/mol. The lowest BCUT2D eigenvalue weighted by Crippen LogP contribution is -2.18. The summed E-state index contributed by atoms with van der Waals surface area (Å²) >= 11 is 0. The molecular formula is C15H24. The van der Waals surface area contributed by atoms with E-state index in [-0.39, 0.29) is 0 Å². The van der Waals surface area contributed by atoms with E-state index in [1.807, 2.05) is 0 Å². The molecule has 3 saturated carbocycles. The van der Waals surface area contributed by atoms with Gasteiger partial charge in [0.1, 0.15) is 0 Å². The highest BCUT2D eigenvalue weighted by atomic mass is 14.7. The van der Waals surface area contributed by atoms with E-state index in [4.69, 9.17) is 0 Å². The first-order chi connectivity index (χ1) is 7.03. The van der Waals surface area contributed by atoms with E-state index in [1.165, 1.54) is 25.7 Å². The SMILES string of the molecule is C=C1CC[C@@H]2[C@@H]([C@@H]3[C@H](C)CC[C@H]13)C2(C)C. The lowest BCUT2D eigenvalue weighted by Gasteiger charge is -2.25. The summed E-state index contributed by atoms with van der Waals surface area (Å²) in [5, 5.41) is 0. The van der Waals surface area contributed by atoms with Crippen LogP contribution < -0.4 is 0 Å². The van der Waals surface area contributed by atoms with Crippen molar-refractivity contribution in [3.63, 3.8) is 0 Å². The molecule has 5 atom stereocenters. The molecule has 0 heteroatoms. The van der Waals surface area contributed by atoms with Crippen LogP contribution in [0.1, 0.15) is 46.5 Å². The molecule has 0 aliphatic heterocycles. The molecule has 0 unspecified atom stereocenters. The Hall–Kier alpha value is -0.260. The first kappa shape index (κ1) is 9.93. The number of hydrogen-bond acceptors (Lipinski definition) is 0. The maximum Gasteiger partial charge on any atom is -0.0172 e. The van der Waals surface area contributed by atoms with Crippen molar-refractivity contribution in [1.29, 1.82) is 0 Å². The molecule has 0 saturated heterocycles. The number of fused-ring (bicyclic) bond motifs is 3. The van der Waals surface area contributed by atoms with Crippen LogP contribution in [0.2, 0.25) is 0 Å². The van der Waals surface area contributed by atoms with Crippen LogP contribution in [-0.4, -0.2) is 0 Å². The van der Waals surface area contributed by atoms with Gasteiger partial charge in [-0.05, 0) is 60.7 Å². The molecule has 0 amide bonds. The number of hydrogen-bond donors (Lipinski definition) is 0. The fourth-order valence-corrected chi connectivity index (χ4v) is 4.93. The molecule has 3 fully saturated rings. The molecule has 84 valence electrons. The summed E-state index contributed by atoms with van der Waals surface area (Å²) in [5.41, 5.74) is 2.25. The van der Waals surface area contributed by atoms with Crippen LogP contribution in [0, 0.1) is 35.0 Å². The fourth-order valence-electron chi connectivity index (χ4n) is 4.93. The van der Waals surface area contributed by atoms with Crippen LogP contribution >= 0.6 is 0 Å². The molecule has 0 bridgehead atoms. The van der Waals surface area contributed by atoms with Crippen molar-refractivity contribution in [3.05, 3.63) is 12.2 Å². The first-order valence-corrected chi connectivity index (χ1v) is 6.71. The Kier molecular flexibility index (Phi) is 1.92. The van der Waals surface area contributed by atoms with Gasteiger partial charge >= 0.3 is 0 Å². The minimum atomic E-state index is 0.655. The van der Waals surface area contributed by atoms with Crippen LogP contribution in [0.3, 0.4) is 0 Å². The molecule has 0 aromatic carbocycles. The largest absolute Gasteiger partial charge is 0.0996 e. The van der Waals surface area contributed by atoms with Gasteiger partial charge in [0.05, 0.1) is 0 Å². The van der Waals surface area contributed by atoms with Gasteiger partial charge in [0, 0.05) is 0 Å². The van der Waals surface area contributed by atoms with Crippen molar-refractivity contribution in [1.82, 2.24) is 0 Å². The van der Waals surface area contributed by atoms with Gasteiger partial charge in [0.15, 0.2) is 0 Å². The van der Waals surface area contributed by atoms with Crippen LogP contribution in [0.5, 0.6) is 0 Å². The smallest absolute Gasteiger partial charge is 0.0172 e. The third-order valence-electron chi connectivity index (χ3n) is 5.91. The van der Waals surface area contributed by atoms with Gasteiger partial charge in [-0.3, -0.25) is 0 Å². The molecule has 0 aromatic heterocycles. The maximum absolute atomic E-state index is 4.35. The summed E-state index contributed by atoms with van der Waals surface area (Å²) in [4.78, 5) is 0. The monoisotopic (exact) mass is 204 g/mol. The summed E-state index contributed by atoms with van der Waals surface area (Å²) in [6.07, 6.45) is 5.63. The first-order valence-electron chi connectivity index (χ1n) is 6.71. The van der Waals surface area contributed by atoms with E-state index >= 15 is 0 Å². The molecule has 0 spiro atoms. The van der Waals surface area contributed by atoms with Gasteiger partial charge < -0.3 is 0 Å². The van der Waals surface area contributed by atoms with Gasteiger partial charge in [0.2, 0.25) is 0 Å². The minimum Gasteiger partial charge on any atom is -0.0996 e. The molecule has 3 aliphatic rings. The number of allylic oxidation sites excluding steroid dienone is 1. The van der Waals surface area contributed by atoms with Gasteiger partial charge in [-0.15, -0.1) is 0 Å². The van der Waals surface area contributed by atoms with Crippen molar-refractivity contribution in [2.75, 3.05) is 0 Å². The minimum absolute atomic E-state index is 0.655. The predicted octanol–water partition coefficient (Wildman–Crippen LogP) is 4.27. The van der Waals surface area contributed by atoms with E-state index in [1.54, 1.807) is 5.57 Å². The Morgan fingerprint density at radius 1 is 1.20 bits per heavy atom. The molecule has 0 heterocycles. The summed E-state index contributed by atoms with van der Waals surface area (Å²) in [6, 6.07) is 0. The topological polar surface area (TPSA) is 0 Å². The van der Waals surface area contributed by atoms with Crippen LogP contribution in [0.25, 0.3) is 0 Å². The summed E-state index contributed by atoms with van der Waals surface area (Å²) in [7, 11) is 0. The molecule has 15 heavy (non-hydrogen) atoms. The Morgan fingerprint density at radius 2 is 1.93 bits per heavy atom. The van der Waals surface area contributed by atoms with Gasteiger partial charge in [-0.2, -0.15) is 0 Å². The van der Waals surface area contributed by atoms with Crippen LogP contribution in [0.4, 0.5) is 0 Å². The zero-order chi connectivity index (χ0) is 10.8. The fraction of sp³-hybridized carbons (Fsp3) is 0.867. The van der Waals surface area contributed by atoms with E-state index in [9.17, 15) is 0 Å². The van der Waals surface area contributed by atoms with Crippen molar-refractivity contribution in [2.45, 2.75) is 46.5 Å². The molecule has 3 aliphatic carbocycles. The maximum atomic E-state index is 4.35. The van der Waals surface area contributed by atoms with Gasteiger partial charge in [-0.25, -0.2) is 0 Å². The Balaban J connectivity index is 1.93. The average Bonchev–Trinajstić information content (AvgIpc) is 2.55. The lowest BCUT2D eigenvalue weighted by molar-refractivity contribution is 0.280. The third-order valence-corrected chi connectivity index (χ3v) is 5.91. The van der Waals surface area contributed by atoms with E-state index in [2.05, 4.69) is 27.4 Å². The lowest BCUT2D eigenvalue weighted by atomic mass is 9.80. The highest BCUT2D eigenvalue weighted by molar-refractivity contribution is 5.20.